The van der Waals surface area contributed by atoms with Crippen LogP contribution in [0.15, 0.2) is 29.3 Å². The highest BCUT2D eigenvalue weighted by molar-refractivity contribution is 6.31. The van der Waals surface area contributed by atoms with Crippen molar-refractivity contribution in [2.24, 2.45) is 4.99 Å². The fourth-order valence-electron chi connectivity index (χ4n) is 1.65. The molecule has 0 bridgehead atoms. The van der Waals surface area contributed by atoms with E-state index in [4.69, 9.17) is 11.6 Å². The van der Waals surface area contributed by atoms with Crippen LogP contribution in [0.2, 0.25) is 5.02 Å². The van der Waals surface area contributed by atoms with Crippen molar-refractivity contribution in [1.82, 2.24) is 10.6 Å². The lowest BCUT2D eigenvalue weighted by molar-refractivity contribution is -0.132. The first-order chi connectivity index (χ1) is 9.92. The van der Waals surface area contributed by atoms with Crippen LogP contribution in [0.4, 0.5) is 13.2 Å². The van der Waals surface area contributed by atoms with E-state index in [2.05, 4.69) is 15.6 Å². The van der Waals surface area contributed by atoms with Gasteiger partial charge in [0.15, 0.2) is 5.96 Å². The molecule has 21 heavy (non-hydrogen) atoms. The molecule has 0 spiro atoms. The Morgan fingerprint density at radius 3 is 2.57 bits per heavy atom. The first kappa shape index (κ1) is 17.6. The van der Waals surface area contributed by atoms with Gasteiger partial charge in [0.25, 0.3) is 0 Å². The second-order valence-electron chi connectivity index (χ2n) is 4.39. The summed E-state index contributed by atoms with van der Waals surface area (Å²) < 4.78 is 36.3. The second-order valence-corrected chi connectivity index (χ2v) is 4.80. The number of hydrogen-bond donors (Lipinski definition) is 2. The van der Waals surface area contributed by atoms with Gasteiger partial charge in [-0.3, -0.25) is 4.99 Å². The first-order valence-corrected chi connectivity index (χ1v) is 7.12. The maximum absolute atomic E-state index is 12.1. The number of guanidine groups is 1. The lowest BCUT2D eigenvalue weighted by Gasteiger charge is -2.12. The summed E-state index contributed by atoms with van der Waals surface area (Å²) in [6.45, 7) is 2.70. The van der Waals surface area contributed by atoms with Gasteiger partial charge in [0.2, 0.25) is 0 Å². The van der Waals surface area contributed by atoms with Crippen molar-refractivity contribution in [1.29, 1.82) is 0 Å². The number of nitrogens with one attached hydrogen (secondary N) is 2. The normalized spacial score (nSPS) is 12.3. The molecule has 0 aliphatic heterocycles. The zero-order chi connectivity index (χ0) is 15.7. The van der Waals surface area contributed by atoms with E-state index in [9.17, 15) is 13.2 Å². The molecule has 7 heteroatoms. The average Bonchev–Trinajstić information content (AvgIpc) is 2.39. The Labute approximate surface area is 127 Å². The van der Waals surface area contributed by atoms with Gasteiger partial charge in [0, 0.05) is 18.1 Å². The molecule has 0 radical (unpaired) electrons. The van der Waals surface area contributed by atoms with E-state index in [-0.39, 0.29) is 6.54 Å². The summed E-state index contributed by atoms with van der Waals surface area (Å²) >= 11 is 6.04. The van der Waals surface area contributed by atoms with E-state index in [0.717, 1.165) is 5.56 Å². The largest absolute Gasteiger partial charge is 0.390 e. The van der Waals surface area contributed by atoms with Crippen molar-refractivity contribution in [3.8, 4) is 0 Å². The molecule has 3 nitrogen and oxygen atoms in total. The summed E-state index contributed by atoms with van der Waals surface area (Å²) in [6, 6.07) is 7.46. The molecular formula is C14H19ClF3N3. The van der Waals surface area contributed by atoms with E-state index in [1.54, 1.807) is 6.07 Å². The van der Waals surface area contributed by atoms with E-state index in [0.29, 0.717) is 30.5 Å². The summed E-state index contributed by atoms with van der Waals surface area (Å²) in [5, 5.41) is 6.58. The maximum atomic E-state index is 12.1. The van der Waals surface area contributed by atoms with Crippen LogP contribution in [-0.4, -0.2) is 31.8 Å². The van der Waals surface area contributed by atoms with Gasteiger partial charge >= 0.3 is 6.18 Å². The van der Waals surface area contributed by atoms with Gasteiger partial charge in [-0.25, -0.2) is 0 Å². The Morgan fingerprint density at radius 1 is 1.24 bits per heavy atom. The third-order valence-electron chi connectivity index (χ3n) is 2.65. The number of hydrogen-bond acceptors (Lipinski definition) is 1. The molecule has 1 aromatic carbocycles. The Morgan fingerprint density at radius 2 is 1.95 bits per heavy atom. The molecule has 0 saturated heterocycles. The van der Waals surface area contributed by atoms with Crippen LogP contribution in [0.1, 0.15) is 18.9 Å². The molecule has 0 atom stereocenters. The molecule has 0 fully saturated rings. The van der Waals surface area contributed by atoms with Crippen molar-refractivity contribution in [2.45, 2.75) is 25.9 Å². The molecule has 2 N–H and O–H groups in total. The van der Waals surface area contributed by atoms with E-state index < -0.39 is 12.6 Å². The molecule has 0 saturated carbocycles. The number of nitrogens with zero attached hydrogens (tertiary/aromatic N) is 1. The molecule has 0 unspecified atom stereocenters. The topological polar surface area (TPSA) is 36.4 Å². The SMILES string of the molecule is CCNC(=NCCC(F)(F)F)NCCc1ccccc1Cl. The van der Waals surface area contributed by atoms with Crippen molar-refractivity contribution in [2.75, 3.05) is 19.6 Å². The fraction of sp³-hybridized carbons (Fsp3) is 0.500. The van der Waals surface area contributed by atoms with Crippen LogP contribution in [-0.2, 0) is 6.42 Å². The van der Waals surface area contributed by atoms with E-state index in [1.807, 2.05) is 25.1 Å². The molecule has 0 aromatic heterocycles. The monoisotopic (exact) mass is 321 g/mol. The molecule has 0 aliphatic rings. The number of aliphatic imine (C=N–C) groups is 1. The van der Waals surface area contributed by atoms with Gasteiger partial charge in [0.05, 0.1) is 13.0 Å². The van der Waals surface area contributed by atoms with Crippen molar-refractivity contribution in [3.05, 3.63) is 34.9 Å². The number of alkyl halides is 3. The lowest BCUT2D eigenvalue weighted by atomic mass is 10.1. The summed E-state index contributed by atoms with van der Waals surface area (Å²) in [6.07, 6.45) is -4.43. The highest BCUT2D eigenvalue weighted by Crippen LogP contribution is 2.18. The molecule has 0 amide bonds. The standard InChI is InChI=1S/C14H19ClF3N3/c1-2-19-13(21-10-8-14(16,17)18)20-9-7-11-5-3-4-6-12(11)15/h3-6H,2,7-10H2,1H3,(H2,19,20,21). The number of halogens is 4. The van der Waals surface area contributed by atoms with Crippen LogP contribution < -0.4 is 10.6 Å². The molecule has 1 aromatic rings. The smallest absolute Gasteiger partial charge is 0.357 e. The van der Waals surface area contributed by atoms with Crippen molar-refractivity contribution in [3.63, 3.8) is 0 Å². The van der Waals surface area contributed by atoms with Gasteiger partial charge in [-0.05, 0) is 25.0 Å². The summed E-state index contributed by atoms with van der Waals surface area (Å²) in [7, 11) is 0. The Hall–Kier alpha value is -1.43. The molecule has 0 heterocycles. The minimum absolute atomic E-state index is 0.287. The highest BCUT2D eigenvalue weighted by Gasteiger charge is 2.26. The summed E-state index contributed by atoms with van der Waals surface area (Å²) in [5.41, 5.74) is 0.984. The zero-order valence-corrected chi connectivity index (χ0v) is 12.6. The number of benzene rings is 1. The highest BCUT2D eigenvalue weighted by atomic mass is 35.5. The summed E-state index contributed by atoms with van der Waals surface area (Å²) in [4.78, 5) is 3.89. The van der Waals surface area contributed by atoms with E-state index in [1.165, 1.54) is 0 Å². The minimum Gasteiger partial charge on any atom is -0.357 e. The quantitative estimate of drug-likeness (QED) is 0.622. The summed E-state index contributed by atoms with van der Waals surface area (Å²) in [5.74, 6) is 0.383. The van der Waals surface area contributed by atoms with Crippen LogP contribution >= 0.6 is 11.6 Å². The van der Waals surface area contributed by atoms with Crippen LogP contribution in [0.25, 0.3) is 0 Å². The van der Waals surface area contributed by atoms with Crippen LogP contribution in [0.3, 0.4) is 0 Å². The Bertz CT molecular complexity index is 461. The van der Waals surface area contributed by atoms with Gasteiger partial charge in [0.1, 0.15) is 0 Å². The third kappa shape index (κ3) is 7.80. The van der Waals surface area contributed by atoms with Crippen molar-refractivity contribution < 1.29 is 13.2 Å². The predicted octanol–water partition coefficient (Wildman–Crippen LogP) is 3.39. The van der Waals surface area contributed by atoms with Gasteiger partial charge in [-0.15, -0.1) is 0 Å². The molecule has 118 valence electrons. The van der Waals surface area contributed by atoms with Gasteiger partial charge < -0.3 is 10.6 Å². The molecule has 1 rings (SSSR count). The first-order valence-electron chi connectivity index (χ1n) is 6.74. The van der Waals surface area contributed by atoms with E-state index >= 15 is 0 Å². The predicted molar refractivity (Wildman–Crippen MR) is 79.8 cm³/mol. The minimum atomic E-state index is -4.18. The van der Waals surface area contributed by atoms with Gasteiger partial charge in [-0.1, -0.05) is 29.8 Å². The lowest BCUT2D eigenvalue weighted by Crippen LogP contribution is -2.38. The number of rotatable bonds is 6. The Kier molecular flexibility index (Phi) is 7.36. The van der Waals surface area contributed by atoms with Gasteiger partial charge in [-0.2, -0.15) is 13.2 Å². The average molecular weight is 322 g/mol. The van der Waals surface area contributed by atoms with Crippen LogP contribution in [0, 0.1) is 0 Å². The van der Waals surface area contributed by atoms with Crippen LogP contribution in [0.5, 0.6) is 0 Å². The Balaban J connectivity index is 2.44. The molecular weight excluding hydrogens is 303 g/mol. The fourth-order valence-corrected chi connectivity index (χ4v) is 1.88. The van der Waals surface area contributed by atoms with Crippen molar-refractivity contribution >= 4 is 17.6 Å². The second kappa shape index (κ2) is 8.77. The zero-order valence-electron chi connectivity index (χ0n) is 11.8. The third-order valence-corrected chi connectivity index (χ3v) is 3.02. The maximum Gasteiger partial charge on any atom is 0.390 e. The molecule has 0 aliphatic carbocycles.